The van der Waals surface area contributed by atoms with Gasteiger partial charge in [-0.1, -0.05) is 25.0 Å². The van der Waals surface area contributed by atoms with Gasteiger partial charge in [0.05, 0.1) is 11.0 Å². The highest BCUT2D eigenvalue weighted by atomic mass is 16.1. The second kappa shape index (κ2) is 8.73. The van der Waals surface area contributed by atoms with Gasteiger partial charge in [-0.15, -0.1) is 0 Å². The lowest BCUT2D eigenvalue weighted by atomic mass is 10.2. The van der Waals surface area contributed by atoms with E-state index in [2.05, 4.69) is 36.2 Å². The number of hydrogen-bond donors (Lipinski definition) is 2. The summed E-state index contributed by atoms with van der Waals surface area (Å²) in [5.74, 6) is 0.193. The van der Waals surface area contributed by atoms with Crippen molar-refractivity contribution < 1.29 is 4.79 Å². The van der Waals surface area contributed by atoms with Gasteiger partial charge in [-0.2, -0.15) is 0 Å². The zero-order valence-electron chi connectivity index (χ0n) is 19.2. The Kier molecular flexibility index (Phi) is 5.62. The summed E-state index contributed by atoms with van der Waals surface area (Å²) in [7, 11) is 0. The number of nitrogen functional groups attached to an aromatic ring is 1. The van der Waals surface area contributed by atoms with Crippen LogP contribution < -0.4 is 16.0 Å². The fourth-order valence-corrected chi connectivity index (χ4v) is 4.88. The van der Waals surface area contributed by atoms with Crippen LogP contribution in [0.5, 0.6) is 0 Å². The van der Waals surface area contributed by atoms with Crippen LogP contribution in [-0.2, 0) is 0 Å². The molecule has 0 spiro atoms. The van der Waals surface area contributed by atoms with E-state index in [1.807, 2.05) is 41.0 Å². The second-order valence-electron chi connectivity index (χ2n) is 8.62. The number of hydrogen-bond acceptors (Lipinski definition) is 5. The summed E-state index contributed by atoms with van der Waals surface area (Å²) in [6, 6.07) is 16.1. The monoisotopic (exact) mass is 442 g/mol. The van der Waals surface area contributed by atoms with Crippen molar-refractivity contribution in [3.63, 3.8) is 0 Å². The number of nitrogens with zero attached hydrogens (tertiary/aromatic N) is 4. The van der Waals surface area contributed by atoms with Crippen LogP contribution in [-0.4, -0.2) is 39.6 Å². The predicted molar refractivity (Wildman–Crippen MR) is 134 cm³/mol. The zero-order chi connectivity index (χ0) is 22.9. The molecule has 2 aromatic carbocycles. The normalized spacial score (nSPS) is 14.2. The van der Waals surface area contributed by atoms with E-state index >= 15 is 0 Å². The van der Waals surface area contributed by atoms with Crippen molar-refractivity contribution >= 4 is 39.6 Å². The van der Waals surface area contributed by atoms with Crippen LogP contribution in [0, 0.1) is 0 Å². The number of rotatable bonds is 6. The van der Waals surface area contributed by atoms with Crippen LogP contribution in [0.4, 0.5) is 11.5 Å². The number of para-hydroxylation sites is 2. The predicted octanol–water partition coefficient (Wildman–Crippen LogP) is 4.67. The molecule has 33 heavy (non-hydrogen) atoms. The van der Waals surface area contributed by atoms with E-state index in [1.54, 1.807) is 0 Å². The van der Waals surface area contributed by atoms with Crippen molar-refractivity contribution in [2.45, 2.75) is 45.6 Å². The lowest BCUT2D eigenvalue weighted by Crippen LogP contribution is -2.33. The van der Waals surface area contributed by atoms with E-state index in [4.69, 9.17) is 15.7 Å². The second-order valence-corrected chi connectivity index (χ2v) is 8.62. The molecule has 2 aromatic heterocycles. The van der Waals surface area contributed by atoms with Crippen LogP contribution in [0.3, 0.4) is 0 Å². The topological polar surface area (TPSA) is 89.1 Å². The Morgan fingerprint density at radius 1 is 1.03 bits per heavy atom. The maximum atomic E-state index is 13.4. The number of carbonyl (C=O) groups excluding carboxylic acids is 1. The molecule has 0 atom stereocenters. The number of carbonyl (C=O) groups is 1. The van der Waals surface area contributed by atoms with Gasteiger partial charge in [0.2, 0.25) is 0 Å². The quantitative estimate of drug-likeness (QED) is 0.453. The van der Waals surface area contributed by atoms with Crippen molar-refractivity contribution in [3.8, 4) is 5.69 Å². The van der Waals surface area contributed by atoms with E-state index in [9.17, 15) is 4.79 Å². The number of anilines is 2. The van der Waals surface area contributed by atoms with Gasteiger partial charge in [-0.3, -0.25) is 9.36 Å². The molecule has 1 fully saturated rings. The Balaban J connectivity index is 1.67. The third-order valence-electron chi connectivity index (χ3n) is 6.65. The standard InChI is InChI=1S/C26H30N6O/c1-3-31(4-2)18-13-15-19(16-14-18)32-24(27)22(26(33)28-17-9-5-6-10-17)23-25(32)30-21-12-8-7-11-20(21)29-23/h7-8,11-17H,3-6,9-10,27H2,1-2H3,(H,28,33). The first kappa shape index (κ1) is 21.2. The van der Waals surface area contributed by atoms with Crippen molar-refractivity contribution in [1.82, 2.24) is 19.9 Å². The fourth-order valence-electron chi connectivity index (χ4n) is 4.88. The fraction of sp³-hybridized carbons (Fsp3) is 0.346. The molecule has 1 amide bonds. The number of aromatic nitrogens is 3. The van der Waals surface area contributed by atoms with Gasteiger partial charge in [0.15, 0.2) is 5.65 Å². The molecule has 2 heterocycles. The van der Waals surface area contributed by atoms with Crippen LogP contribution in [0.2, 0.25) is 0 Å². The molecule has 0 saturated heterocycles. The highest BCUT2D eigenvalue weighted by Crippen LogP contribution is 2.32. The summed E-state index contributed by atoms with van der Waals surface area (Å²) in [6.07, 6.45) is 4.30. The van der Waals surface area contributed by atoms with Crippen LogP contribution >= 0.6 is 0 Å². The zero-order valence-corrected chi connectivity index (χ0v) is 19.2. The van der Waals surface area contributed by atoms with Crippen LogP contribution in [0.15, 0.2) is 48.5 Å². The lowest BCUT2D eigenvalue weighted by molar-refractivity contribution is 0.0940. The van der Waals surface area contributed by atoms with Crippen molar-refractivity contribution in [1.29, 1.82) is 0 Å². The first-order valence-electron chi connectivity index (χ1n) is 11.8. The first-order chi connectivity index (χ1) is 16.1. The van der Waals surface area contributed by atoms with Gasteiger partial charge >= 0.3 is 0 Å². The van der Waals surface area contributed by atoms with Crippen molar-refractivity contribution in [2.24, 2.45) is 0 Å². The Labute approximate surface area is 193 Å². The summed E-state index contributed by atoms with van der Waals surface area (Å²) in [5, 5.41) is 3.17. The first-order valence-corrected chi connectivity index (χ1v) is 11.8. The molecule has 1 aliphatic rings. The summed E-state index contributed by atoms with van der Waals surface area (Å²) in [4.78, 5) is 25.3. The Morgan fingerprint density at radius 2 is 1.67 bits per heavy atom. The molecule has 170 valence electrons. The molecule has 1 aliphatic carbocycles. The molecule has 5 rings (SSSR count). The molecule has 7 heteroatoms. The van der Waals surface area contributed by atoms with Crippen LogP contribution in [0.1, 0.15) is 49.9 Å². The third kappa shape index (κ3) is 3.77. The molecule has 0 aliphatic heterocycles. The number of benzene rings is 2. The minimum atomic E-state index is -0.174. The van der Waals surface area contributed by atoms with Gasteiger partial charge in [0, 0.05) is 30.5 Å². The van der Waals surface area contributed by atoms with Crippen molar-refractivity contribution in [3.05, 3.63) is 54.1 Å². The molecule has 7 nitrogen and oxygen atoms in total. The summed E-state index contributed by atoms with van der Waals surface area (Å²) >= 11 is 0. The Morgan fingerprint density at radius 3 is 2.30 bits per heavy atom. The molecular formula is C26H30N6O. The van der Waals surface area contributed by atoms with E-state index < -0.39 is 0 Å². The molecule has 3 N–H and O–H groups in total. The van der Waals surface area contributed by atoms with Gasteiger partial charge in [-0.05, 0) is 63.1 Å². The molecule has 0 unspecified atom stereocenters. The van der Waals surface area contributed by atoms with E-state index in [0.29, 0.717) is 22.5 Å². The maximum Gasteiger partial charge on any atom is 0.257 e. The molecule has 0 radical (unpaired) electrons. The average Bonchev–Trinajstić information content (AvgIpc) is 3.44. The van der Waals surface area contributed by atoms with Gasteiger partial charge in [0.1, 0.15) is 16.9 Å². The largest absolute Gasteiger partial charge is 0.384 e. The average molecular weight is 443 g/mol. The molecule has 0 bridgehead atoms. The minimum Gasteiger partial charge on any atom is -0.384 e. The number of nitrogens with one attached hydrogen (secondary N) is 1. The van der Waals surface area contributed by atoms with Crippen molar-refractivity contribution in [2.75, 3.05) is 23.7 Å². The van der Waals surface area contributed by atoms with Gasteiger partial charge < -0.3 is 16.0 Å². The Hall–Kier alpha value is -3.61. The third-order valence-corrected chi connectivity index (χ3v) is 6.65. The van der Waals surface area contributed by atoms with Gasteiger partial charge in [0.25, 0.3) is 5.91 Å². The highest BCUT2D eigenvalue weighted by molar-refractivity contribution is 6.11. The minimum absolute atomic E-state index is 0.174. The van der Waals surface area contributed by atoms with Gasteiger partial charge in [-0.25, -0.2) is 9.97 Å². The summed E-state index contributed by atoms with van der Waals surface area (Å²) in [6.45, 7) is 6.16. The molecular weight excluding hydrogens is 412 g/mol. The van der Waals surface area contributed by atoms with E-state index in [0.717, 1.165) is 61.2 Å². The maximum absolute atomic E-state index is 13.4. The number of fused-ring (bicyclic) bond motifs is 2. The SMILES string of the molecule is CCN(CC)c1ccc(-n2c(N)c(C(=O)NC3CCCC3)c3nc4ccccc4nc32)cc1. The lowest BCUT2D eigenvalue weighted by Gasteiger charge is -2.21. The summed E-state index contributed by atoms with van der Waals surface area (Å²) < 4.78 is 1.85. The van der Waals surface area contributed by atoms with E-state index in [-0.39, 0.29) is 11.9 Å². The van der Waals surface area contributed by atoms with E-state index in [1.165, 1.54) is 0 Å². The highest BCUT2D eigenvalue weighted by Gasteiger charge is 2.27. The summed E-state index contributed by atoms with van der Waals surface area (Å²) in [5.41, 5.74) is 11.7. The Bertz CT molecular complexity index is 1300. The smallest absolute Gasteiger partial charge is 0.257 e. The van der Waals surface area contributed by atoms with Crippen LogP contribution in [0.25, 0.3) is 27.9 Å². The molecule has 1 saturated carbocycles. The molecule has 4 aromatic rings. The number of nitrogens with two attached hydrogens (primary N) is 1. The number of amides is 1.